The molecular weight excluding hydrogens is 316 g/mol. The molecule has 0 radical (unpaired) electrons. The van der Waals surface area contributed by atoms with Gasteiger partial charge >= 0.3 is 0 Å². The van der Waals surface area contributed by atoms with E-state index in [4.69, 9.17) is 0 Å². The van der Waals surface area contributed by atoms with Crippen molar-refractivity contribution in [1.82, 2.24) is 19.4 Å². The van der Waals surface area contributed by atoms with Gasteiger partial charge in [-0.1, -0.05) is 6.07 Å². The summed E-state index contributed by atoms with van der Waals surface area (Å²) in [6, 6.07) is 9.32. The molecule has 1 fully saturated rings. The average molecular weight is 336 g/mol. The minimum absolute atomic E-state index is 0.0711. The van der Waals surface area contributed by atoms with Crippen LogP contribution in [0.25, 0.3) is 10.9 Å². The highest BCUT2D eigenvalue weighted by molar-refractivity contribution is 5.92. The molecule has 1 saturated heterocycles. The molecule has 1 N–H and O–H groups in total. The fourth-order valence-corrected chi connectivity index (χ4v) is 3.42. The van der Waals surface area contributed by atoms with Gasteiger partial charge in [0.1, 0.15) is 5.69 Å². The third-order valence-corrected chi connectivity index (χ3v) is 4.91. The molecule has 0 saturated carbocycles. The Kier molecular flexibility index (Phi) is 3.97. The van der Waals surface area contributed by atoms with Crippen molar-refractivity contribution < 1.29 is 9.90 Å². The second-order valence-corrected chi connectivity index (χ2v) is 6.61. The number of hydrogen-bond acceptors (Lipinski definition) is 4. The van der Waals surface area contributed by atoms with Crippen LogP contribution in [0.15, 0.2) is 55.1 Å². The molecule has 6 nitrogen and oxygen atoms in total. The van der Waals surface area contributed by atoms with Crippen molar-refractivity contribution in [2.75, 3.05) is 13.1 Å². The molecule has 4 rings (SSSR count). The molecule has 4 heterocycles. The first-order valence-electron chi connectivity index (χ1n) is 8.46. The molecule has 0 aliphatic carbocycles. The summed E-state index contributed by atoms with van der Waals surface area (Å²) < 4.78 is 2.04. The van der Waals surface area contributed by atoms with Crippen LogP contribution in [-0.2, 0) is 6.54 Å². The molecule has 3 aromatic rings. The van der Waals surface area contributed by atoms with E-state index < -0.39 is 5.60 Å². The van der Waals surface area contributed by atoms with E-state index >= 15 is 0 Å². The number of hydrogen-bond donors (Lipinski definition) is 1. The highest BCUT2D eigenvalue weighted by atomic mass is 16.3. The number of piperidine rings is 1. The molecule has 6 heteroatoms. The molecule has 0 atom stereocenters. The smallest absolute Gasteiger partial charge is 0.272 e. The molecule has 3 aromatic heterocycles. The second kappa shape index (κ2) is 6.29. The molecule has 0 bridgehead atoms. The number of pyridine rings is 2. The molecule has 128 valence electrons. The Morgan fingerprint density at radius 2 is 2.00 bits per heavy atom. The third kappa shape index (κ3) is 3.13. The van der Waals surface area contributed by atoms with Crippen molar-refractivity contribution in [3.05, 3.63) is 60.8 Å². The second-order valence-electron chi connectivity index (χ2n) is 6.61. The normalized spacial score (nSPS) is 16.9. The third-order valence-electron chi connectivity index (χ3n) is 4.91. The summed E-state index contributed by atoms with van der Waals surface area (Å²) in [6.45, 7) is 1.57. The fraction of sp³-hybridized carbons (Fsp3) is 0.316. The van der Waals surface area contributed by atoms with Crippen LogP contribution in [0.3, 0.4) is 0 Å². The van der Waals surface area contributed by atoms with Crippen molar-refractivity contribution in [2.45, 2.75) is 25.0 Å². The largest absolute Gasteiger partial charge is 0.388 e. The lowest BCUT2D eigenvalue weighted by Gasteiger charge is -2.38. The van der Waals surface area contributed by atoms with Gasteiger partial charge < -0.3 is 14.6 Å². The van der Waals surface area contributed by atoms with Gasteiger partial charge in [-0.25, -0.2) is 0 Å². The number of carbonyl (C=O) groups excluding carboxylic acids is 1. The van der Waals surface area contributed by atoms with Crippen molar-refractivity contribution in [1.29, 1.82) is 0 Å². The molecule has 1 amide bonds. The number of fused-ring (bicyclic) bond motifs is 1. The molecule has 1 aliphatic heterocycles. The average Bonchev–Trinajstić information content (AvgIpc) is 3.05. The maximum absolute atomic E-state index is 12.5. The van der Waals surface area contributed by atoms with Gasteiger partial charge in [0.05, 0.1) is 23.9 Å². The predicted octanol–water partition coefficient (Wildman–Crippen LogP) is 2.10. The van der Waals surface area contributed by atoms with Crippen LogP contribution in [0.5, 0.6) is 0 Å². The van der Waals surface area contributed by atoms with Crippen LogP contribution in [0.2, 0.25) is 0 Å². The molecule has 0 spiro atoms. The monoisotopic (exact) mass is 336 g/mol. The predicted molar refractivity (Wildman–Crippen MR) is 94.1 cm³/mol. The number of rotatable bonds is 3. The summed E-state index contributed by atoms with van der Waals surface area (Å²) in [5.41, 5.74) is 0.654. The first kappa shape index (κ1) is 15.8. The lowest BCUT2D eigenvalue weighted by molar-refractivity contribution is -0.0285. The zero-order valence-electron chi connectivity index (χ0n) is 13.9. The molecule has 0 aromatic carbocycles. The van der Waals surface area contributed by atoms with Crippen LogP contribution in [0.4, 0.5) is 0 Å². The van der Waals surface area contributed by atoms with Crippen LogP contribution in [0.1, 0.15) is 23.3 Å². The number of nitrogens with zero attached hydrogens (tertiary/aromatic N) is 4. The van der Waals surface area contributed by atoms with E-state index in [0.717, 1.165) is 10.9 Å². The standard InChI is InChI=1S/C19H20N4O2/c24-18(16-3-1-2-8-21-16)22-11-6-19(25,7-12-22)14-23-10-5-15-4-9-20-13-17(15)23/h1-5,8-10,13,25H,6-7,11-12,14H2. The Balaban J connectivity index is 1.44. The first-order valence-corrected chi connectivity index (χ1v) is 8.46. The van der Waals surface area contributed by atoms with E-state index in [9.17, 15) is 9.90 Å². The highest BCUT2D eigenvalue weighted by Gasteiger charge is 2.35. The zero-order chi connectivity index (χ0) is 17.3. The first-order chi connectivity index (χ1) is 12.1. The van der Waals surface area contributed by atoms with Crippen molar-refractivity contribution in [3.63, 3.8) is 0 Å². The summed E-state index contributed by atoms with van der Waals surface area (Å²) in [5.74, 6) is -0.0711. The summed E-state index contributed by atoms with van der Waals surface area (Å²) in [4.78, 5) is 22.5. The number of aromatic nitrogens is 3. The van der Waals surface area contributed by atoms with Crippen LogP contribution in [0, 0.1) is 0 Å². The van der Waals surface area contributed by atoms with Crippen molar-refractivity contribution in [2.24, 2.45) is 0 Å². The number of likely N-dealkylation sites (tertiary alicyclic amines) is 1. The number of amides is 1. The lowest BCUT2D eigenvalue weighted by atomic mass is 9.91. The van der Waals surface area contributed by atoms with E-state index in [1.165, 1.54) is 0 Å². The Morgan fingerprint density at radius 1 is 1.16 bits per heavy atom. The maximum atomic E-state index is 12.5. The van der Waals surface area contributed by atoms with Crippen LogP contribution in [-0.4, -0.2) is 49.1 Å². The Hall–Kier alpha value is -2.73. The molecule has 1 aliphatic rings. The SMILES string of the molecule is O=C(c1ccccn1)N1CCC(O)(Cn2ccc3ccncc32)CC1. The quantitative estimate of drug-likeness (QED) is 0.795. The molecule has 0 unspecified atom stereocenters. The Bertz CT molecular complexity index is 883. The highest BCUT2D eigenvalue weighted by Crippen LogP contribution is 2.27. The minimum atomic E-state index is -0.817. The van der Waals surface area contributed by atoms with Gasteiger partial charge in [0, 0.05) is 37.1 Å². The van der Waals surface area contributed by atoms with Gasteiger partial charge in [0.15, 0.2) is 0 Å². The Labute approximate surface area is 145 Å². The fourth-order valence-electron chi connectivity index (χ4n) is 3.42. The minimum Gasteiger partial charge on any atom is -0.388 e. The zero-order valence-corrected chi connectivity index (χ0v) is 13.9. The van der Waals surface area contributed by atoms with Crippen molar-refractivity contribution >= 4 is 16.8 Å². The Morgan fingerprint density at radius 3 is 2.76 bits per heavy atom. The summed E-state index contributed by atoms with van der Waals surface area (Å²) >= 11 is 0. The van der Waals surface area contributed by atoms with Gasteiger partial charge in [-0.3, -0.25) is 14.8 Å². The molecular formula is C19H20N4O2. The number of aliphatic hydroxyl groups is 1. The van der Waals surface area contributed by atoms with E-state index in [1.54, 1.807) is 29.4 Å². The van der Waals surface area contributed by atoms with Gasteiger partial charge in [-0.05, 0) is 37.1 Å². The maximum Gasteiger partial charge on any atom is 0.272 e. The summed E-state index contributed by atoms with van der Waals surface area (Å²) in [6.07, 6.45) is 8.28. The van der Waals surface area contributed by atoms with Crippen LogP contribution >= 0.6 is 0 Å². The van der Waals surface area contributed by atoms with E-state index in [-0.39, 0.29) is 5.91 Å². The van der Waals surface area contributed by atoms with Gasteiger partial charge in [0.2, 0.25) is 0 Å². The van der Waals surface area contributed by atoms with E-state index in [2.05, 4.69) is 9.97 Å². The van der Waals surface area contributed by atoms with E-state index in [1.807, 2.05) is 35.2 Å². The van der Waals surface area contributed by atoms with Gasteiger partial charge in [-0.2, -0.15) is 0 Å². The van der Waals surface area contributed by atoms with Gasteiger partial charge in [0.25, 0.3) is 5.91 Å². The van der Waals surface area contributed by atoms with E-state index in [0.29, 0.717) is 38.2 Å². The van der Waals surface area contributed by atoms with Gasteiger partial charge in [-0.15, -0.1) is 0 Å². The van der Waals surface area contributed by atoms with Crippen LogP contribution < -0.4 is 0 Å². The summed E-state index contributed by atoms with van der Waals surface area (Å²) in [5, 5.41) is 12.1. The van der Waals surface area contributed by atoms with Crippen molar-refractivity contribution in [3.8, 4) is 0 Å². The summed E-state index contributed by atoms with van der Waals surface area (Å²) in [7, 11) is 0. The lowest BCUT2D eigenvalue weighted by Crippen LogP contribution is -2.48. The number of carbonyl (C=O) groups is 1. The topological polar surface area (TPSA) is 71.2 Å². The molecule has 25 heavy (non-hydrogen) atoms.